The highest BCUT2D eigenvalue weighted by Crippen LogP contribution is 2.31. The second-order valence-corrected chi connectivity index (χ2v) is 4.44. The van der Waals surface area contributed by atoms with Crippen LogP contribution in [-0.2, 0) is 14.2 Å². The van der Waals surface area contributed by atoms with Gasteiger partial charge in [0.25, 0.3) is 0 Å². The Balaban J connectivity index is 1.42. The number of fused-ring (bicyclic) bond motifs is 1. The number of ether oxygens (including phenoxy) is 3. The first-order valence-corrected chi connectivity index (χ1v) is 5.47. The summed E-state index contributed by atoms with van der Waals surface area (Å²) in [5.74, 6) is 0.628. The number of nitrogens with one attached hydrogen (secondary N) is 1. The molecule has 1 N–H and O–H groups in total. The van der Waals surface area contributed by atoms with Gasteiger partial charge in [0.05, 0.1) is 38.1 Å². The summed E-state index contributed by atoms with van der Waals surface area (Å²) in [7, 11) is 0. The molecule has 3 unspecified atom stereocenters. The van der Waals surface area contributed by atoms with Gasteiger partial charge in [0, 0.05) is 19.0 Å². The lowest BCUT2D eigenvalue weighted by molar-refractivity contribution is -0.0611. The minimum atomic E-state index is 0.314. The summed E-state index contributed by atoms with van der Waals surface area (Å²) in [5, 5.41) is 3.19. The van der Waals surface area contributed by atoms with Crippen LogP contribution in [0.15, 0.2) is 0 Å². The smallest absolute Gasteiger partial charge is 0.0864 e. The van der Waals surface area contributed by atoms with Gasteiger partial charge in [0.2, 0.25) is 0 Å². The molecule has 0 amide bonds. The normalized spacial score (nSPS) is 42.4. The second-order valence-electron chi connectivity index (χ2n) is 4.44. The minimum absolute atomic E-state index is 0.314. The van der Waals surface area contributed by atoms with E-state index in [9.17, 15) is 0 Å². The molecular formula is C10H17NO3. The molecule has 0 aromatic carbocycles. The zero-order valence-electron chi connectivity index (χ0n) is 8.28. The maximum Gasteiger partial charge on any atom is 0.0864 e. The number of rotatable bonds is 3. The zero-order valence-corrected chi connectivity index (χ0v) is 8.28. The molecule has 0 saturated carbocycles. The van der Waals surface area contributed by atoms with Gasteiger partial charge in [-0.25, -0.2) is 0 Å². The van der Waals surface area contributed by atoms with Gasteiger partial charge >= 0.3 is 0 Å². The van der Waals surface area contributed by atoms with Crippen LogP contribution in [0, 0.1) is 5.92 Å². The minimum Gasteiger partial charge on any atom is -0.378 e. The van der Waals surface area contributed by atoms with E-state index in [1.807, 2.05) is 0 Å². The third-order valence-corrected chi connectivity index (χ3v) is 3.33. The van der Waals surface area contributed by atoms with Crippen molar-refractivity contribution in [1.29, 1.82) is 0 Å². The van der Waals surface area contributed by atoms with Crippen molar-refractivity contribution in [3.05, 3.63) is 0 Å². The molecule has 0 bridgehead atoms. The lowest BCUT2D eigenvalue weighted by atomic mass is 10.0. The first-order chi connectivity index (χ1) is 6.92. The van der Waals surface area contributed by atoms with Gasteiger partial charge in [-0.05, 0) is 6.42 Å². The summed E-state index contributed by atoms with van der Waals surface area (Å²) < 4.78 is 16.9. The van der Waals surface area contributed by atoms with Crippen molar-refractivity contribution in [3.8, 4) is 0 Å². The number of hydrogen-bond acceptors (Lipinski definition) is 4. The van der Waals surface area contributed by atoms with Crippen LogP contribution in [0.3, 0.4) is 0 Å². The van der Waals surface area contributed by atoms with E-state index in [0.717, 1.165) is 39.3 Å². The molecule has 3 aliphatic rings. The third kappa shape index (κ3) is 1.67. The van der Waals surface area contributed by atoms with Crippen LogP contribution in [-0.4, -0.2) is 51.2 Å². The first kappa shape index (κ1) is 9.09. The first-order valence-electron chi connectivity index (χ1n) is 5.47. The molecule has 3 saturated heterocycles. The van der Waals surface area contributed by atoms with E-state index in [-0.39, 0.29) is 0 Å². The Morgan fingerprint density at radius 3 is 2.93 bits per heavy atom. The van der Waals surface area contributed by atoms with E-state index in [0.29, 0.717) is 24.2 Å². The Morgan fingerprint density at radius 2 is 2.21 bits per heavy atom. The average Bonchev–Trinajstić information content (AvgIpc) is 2.59. The Morgan fingerprint density at radius 1 is 1.29 bits per heavy atom. The van der Waals surface area contributed by atoms with Crippen molar-refractivity contribution in [2.45, 2.75) is 24.7 Å². The standard InChI is InChI=1S/C10H17NO3/c1-7-4-12-6-10(7)14-8(1)5-13-9-2-11-3-9/h7-11H,1-6H2. The summed E-state index contributed by atoms with van der Waals surface area (Å²) in [6.45, 7) is 4.43. The molecule has 14 heavy (non-hydrogen) atoms. The highest BCUT2D eigenvalue weighted by Gasteiger charge is 2.39. The van der Waals surface area contributed by atoms with Gasteiger partial charge in [-0.3, -0.25) is 0 Å². The van der Waals surface area contributed by atoms with Gasteiger partial charge in [-0.15, -0.1) is 0 Å². The van der Waals surface area contributed by atoms with Crippen molar-refractivity contribution in [2.24, 2.45) is 5.92 Å². The van der Waals surface area contributed by atoms with Crippen molar-refractivity contribution in [2.75, 3.05) is 32.9 Å². The van der Waals surface area contributed by atoms with Gasteiger partial charge in [-0.2, -0.15) is 0 Å². The molecule has 0 radical (unpaired) electrons. The maximum absolute atomic E-state index is 5.83. The monoisotopic (exact) mass is 199 g/mol. The molecule has 4 nitrogen and oxygen atoms in total. The van der Waals surface area contributed by atoms with Gasteiger partial charge in [-0.1, -0.05) is 0 Å². The van der Waals surface area contributed by atoms with Crippen LogP contribution in [0.5, 0.6) is 0 Å². The molecule has 0 aromatic heterocycles. The highest BCUT2D eigenvalue weighted by atomic mass is 16.6. The molecule has 0 aliphatic carbocycles. The van der Waals surface area contributed by atoms with Crippen LogP contribution >= 0.6 is 0 Å². The van der Waals surface area contributed by atoms with Crippen LogP contribution in [0.4, 0.5) is 0 Å². The lowest BCUT2D eigenvalue weighted by Crippen LogP contribution is -2.49. The van der Waals surface area contributed by atoms with Crippen LogP contribution in [0.1, 0.15) is 6.42 Å². The fourth-order valence-electron chi connectivity index (χ4n) is 2.32. The van der Waals surface area contributed by atoms with Crippen molar-refractivity contribution in [3.63, 3.8) is 0 Å². The second kappa shape index (κ2) is 3.77. The molecule has 0 spiro atoms. The van der Waals surface area contributed by atoms with E-state index >= 15 is 0 Å². The Hall–Kier alpha value is -0.160. The van der Waals surface area contributed by atoms with Crippen LogP contribution in [0.2, 0.25) is 0 Å². The molecule has 80 valence electrons. The van der Waals surface area contributed by atoms with Gasteiger partial charge in [0.1, 0.15) is 0 Å². The Kier molecular flexibility index (Phi) is 2.45. The maximum atomic E-state index is 5.83. The molecule has 0 aromatic rings. The topological polar surface area (TPSA) is 39.7 Å². The largest absolute Gasteiger partial charge is 0.378 e. The quantitative estimate of drug-likeness (QED) is 0.682. The van der Waals surface area contributed by atoms with Crippen molar-refractivity contribution < 1.29 is 14.2 Å². The van der Waals surface area contributed by atoms with Crippen LogP contribution < -0.4 is 5.32 Å². The number of hydrogen-bond donors (Lipinski definition) is 1. The molecule has 3 heterocycles. The summed E-state index contributed by atoms with van der Waals surface area (Å²) in [6, 6.07) is 0. The summed E-state index contributed by atoms with van der Waals surface area (Å²) in [4.78, 5) is 0. The van der Waals surface area contributed by atoms with Crippen LogP contribution in [0.25, 0.3) is 0 Å². The molecular weight excluding hydrogens is 182 g/mol. The summed E-state index contributed by atoms with van der Waals surface area (Å²) in [5.41, 5.74) is 0. The zero-order chi connectivity index (χ0) is 9.38. The highest BCUT2D eigenvalue weighted by molar-refractivity contribution is 4.86. The molecule has 3 aliphatic heterocycles. The van der Waals surface area contributed by atoms with Gasteiger partial charge in [0.15, 0.2) is 0 Å². The summed E-state index contributed by atoms with van der Waals surface area (Å²) >= 11 is 0. The third-order valence-electron chi connectivity index (χ3n) is 3.33. The molecule has 4 heteroatoms. The van der Waals surface area contributed by atoms with Gasteiger partial charge < -0.3 is 19.5 Å². The molecule has 3 fully saturated rings. The average molecular weight is 199 g/mol. The summed E-state index contributed by atoms with van der Waals surface area (Å²) in [6.07, 6.45) is 2.21. The fourth-order valence-corrected chi connectivity index (χ4v) is 2.32. The SMILES string of the molecule is C1NCC1OCC1CC2COCC2O1. The van der Waals surface area contributed by atoms with E-state index in [1.54, 1.807) is 0 Å². The van der Waals surface area contributed by atoms with E-state index in [1.165, 1.54) is 0 Å². The predicted octanol–water partition coefficient (Wildman–Crippen LogP) is -0.221. The lowest BCUT2D eigenvalue weighted by Gasteiger charge is -2.28. The van der Waals surface area contributed by atoms with Crippen molar-refractivity contribution >= 4 is 0 Å². The van der Waals surface area contributed by atoms with E-state index in [2.05, 4.69) is 5.32 Å². The predicted molar refractivity (Wildman–Crippen MR) is 50.2 cm³/mol. The Labute approximate surface area is 83.9 Å². The molecule has 3 rings (SSSR count). The molecule has 3 atom stereocenters. The van der Waals surface area contributed by atoms with E-state index in [4.69, 9.17) is 14.2 Å². The van der Waals surface area contributed by atoms with E-state index < -0.39 is 0 Å². The fraction of sp³-hybridized carbons (Fsp3) is 1.00. The Bertz CT molecular complexity index is 196. The van der Waals surface area contributed by atoms with Crippen molar-refractivity contribution in [1.82, 2.24) is 5.32 Å².